The lowest BCUT2D eigenvalue weighted by Gasteiger charge is -2.13. The number of methoxy groups -OCH3 is 1. The molecule has 0 aliphatic heterocycles. The van der Waals surface area contributed by atoms with Crippen molar-refractivity contribution in [3.63, 3.8) is 0 Å². The summed E-state index contributed by atoms with van der Waals surface area (Å²) in [5, 5.41) is 9.32. The van der Waals surface area contributed by atoms with Crippen LogP contribution in [0, 0.1) is 0 Å². The highest BCUT2D eigenvalue weighted by atomic mass is 16.5. The normalized spacial score (nSPS) is 11.2. The fraction of sp³-hybridized carbons (Fsp3) is 0.333. The highest BCUT2D eigenvalue weighted by Gasteiger charge is 2.20. The number of ether oxygens (including phenoxy) is 2. The molecule has 0 fully saturated rings. The molecule has 8 nitrogen and oxygen atoms in total. The minimum atomic E-state index is 0.249. The van der Waals surface area contributed by atoms with Crippen molar-refractivity contribution in [1.29, 1.82) is 0 Å². The van der Waals surface area contributed by atoms with Crippen LogP contribution in [0.2, 0.25) is 0 Å². The van der Waals surface area contributed by atoms with E-state index in [-0.39, 0.29) is 5.92 Å². The van der Waals surface area contributed by atoms with Gasteiger partial charge in [0.1, 0.15) is 0 Å². The van der Waals surface area contributed by atoms with Gasteiger partial charge in [-0.1, -0.05) is 19.9 Å². The number of aromatic nitrogens is 5. The topological polar surface area (TPSA) is 87.0 Å². The third-order valence-electron chi connectivity index (χ3n) is 5.15. The number of anilines is 1. The fourth-order valence-corrected chi connectivity index (χ4v) is 3.65. The van der Waals surface area contributed by atoms with Crippen molar-refractivity contribution in [3.8, 4) is 23.0 Å². The number of fused-ring (bicyclic) bond motifs is 1. The van der Waals surface area contributed by atoms with Gasteiger partial charge in [-0.05, 0) is 37.1 Å². The average molecular weight is 433 g/mol. The van der Waals surface area contributed by atoms with Crippen LogP contribution in [0.15, 0.2) is 42.6 Å². The molecule has 0 aliphatic rings. The monoisotopic (exact) mass is 432 g/mol. The first kappa shape index (κ1) is 21.5. The lowest BCUT2D eigenvalue weighted by molar-refractivity contribution is 0.328. The molecule has 4 aromatic rings. The van der Waals surface area contributed by atoms with Crippen molar-refractivity contribution in [3.05, 3.63) is 54.0 Å². The standard InChI is InChI=1S/C24H28N6O2/c1-6-32-24-17(10-8-12-25-24)18-13-19(26-14-16-9-7-11-20(27-16)31-5)21-22(15(2)3)29-30(4)23(21)28-18/h7-13,15H,6,14H2,1-5H3,(H,26,28). The van der Waals surface area contributed by atoms with Gasteiger partial charge in [0.2, 0.25) is 11.8 Å². The van der Waals surface area contributed by atoms with Crippen molar-refractivity contribution < 1.29 is 9.47 Å². The maximum absolute atomic E-state index is 5.75. The number of aryl methyl sites for hydroxylation is 1. The van der Waals surface area contributed by atoms with Gasteiger partial charge in [0.15, 0.2) is 5.65 Å². The van der Waals surface area contributed by atoms with Crippen LogP contribution in [0.25, 0.3) is 22.3 Å². The molecule has 1 N–H and O–H groups in total. The van der Waals surface area contributed by atoms with E-state index in [0.717, 1.165) is 39.4 Å². The van der Waals surface area contributed by atoms with E-state index in [2.05, 4.69) is 29.1 Å². The number of hydrogen-bond acceptors (Lipinski definition) is 7. The van der Waals surface area contributed by atoms with Gasteiger partial charge in [-0.3, -0.25) is 4.68 Å². The molecule has 4 aromatic heterocycles. The zero-order chi connectivity index (χ0) is 22.7. The number of rotatable bonds is 8. The summed E-state index contributed by atoms with van der Waals surface area (Å²) in [5.41, 5.74) is 5.23. The highest BCUT2D eigenvalue weighted by Crippen LogP contribution is 2.35. The zero-order valence-corrected chi connectivity index (χ0v) is 19.1. The second-order valence-electron chi connectivity index (χ2n) is 7.73. The molecule has 0 unspecified atom stereocenters. The Kier molecular flexibility index (Phi) is 6.20. The van der Waals surface area contributed by atoms with E-state index < -0.39 is 0 Å². The molecule has 4 heterocycles. The molecule has 0 radical (unpaired) electrons. The second-order valence-corrected chi connectivity index (χ2v) is 7.73. The SMILES string of the molecule is CCOc1ncccc1-c1cc(NCc2cccc(OC)n2)c2c(C(C)C)nn(C)c2n1. The minimum Gasteiger partial charge on any atom is -0.481 e. The van der Waals surface area contributed by atoms with Gasteiger partial charge in [-0.25, -0.2) is 15.0 Å². The molecule has 0 saturated heterocycles. The van der Waals surface area contributed by atoms with Crippen LogP contribution in [0.4, 0.5) is 5.69 Å². The fourth-order valence-electron chi connectivity index (χ4n) is 3.65. The van der Waals surface area contributed by atoms with E-state index in [1.54, 1.807) is 13.3 Å². The molecule has 0 aromatic carbocycles. The molecule has 0 atom stereocenters. The molecule has 8 heteroatoms. The third-order valence-corrected chi connectivity index (χ3v) is 5.15. The summed E-state index contributed by atoms with van der Waals surface area (Å²) >= 11 is 0. The predicted octanol–water partition coefficient (Wildman–Crippen LogP) is 4.57. The van der Waals surface area contributed by atoms with E-state index in [1.807, 2.05) is 55.1 Å². The summed E-state index contributed by atoms with van der Waals surface area (Å²) < 4.78 is 12.8. The van der Waals surface area contributed by atoms with Crippen LogP contribution in [-0.2, 0) is 13.6 Å². The smallest absolute Gasteiger partial charge is 0.222 e. The lowest BCUT2D eigenvalue weighted by Crippen LogP contribution is -2.05. The number of nitrogens with one attached hydrogen (secondary N) is 1. The van der Waals surface area contributed by atoms with Gasteiger partial charge in [-0.2, -0.15) is 5.10 Å². The number of hydrogen-bond donors (Lipinski definition) is 1. The first-order valence-corrected chi connectivity index (χ1v) is 10.7. The van der Waals surface area contributed by atoms with Gasteiger partial charge in [0.25, 0.3) is 0 Å². The van der Waals surface area contributed by atoms with Gasteiger partial charge < -0.3 is 14.8 Å². The maximum Gasteiger partial charge on any atom is 0.222 e. The van der Waals surface area contributed by atoms with Crippen molar-refractivity contribution in [2.45, 2.75) is 33.2 Å². The largest absolute Gasteiger partial charge is 0.481 e. The van der Waals surface area contributed by atoms with Crippen LogP contribution < -0.4 is 14.8 Å². The minimum absolute atomic E-state index is 0.249. The Labute approximate surface area is 187 Å². The third kappa shape index (κ3) is 4.21. The van der Waals surface area contributed by atoms with Gasteiger partial charge >= 0.3 is 0 Å². The quantitative estimate of drug-likeness (QED) is 0.436. The molecular weight excluding hydrogens is 404 g/mol. The van der Waals surface area contributed by atoms with Crippen LogP contribution in [0.3, 0.4) is 0 Å². The van der Waals surface area contributed by atoms with Crippen LogP contribution >= 0.6 is 0 Å². The van der Waals surface area contributed by atoms with Crippen molar-refractivity contribution in [1.82, 2.24) is 24.7 Å². The van der Waals surface area contributed by atoms with Gasteiger partial charge in [0.05, 0.1) is 48.3 Å². The van der Waals surface area contributed by atoms with Crippen LogP contribution in [-0.4, -0.2) is 38.4 Å². The summed E-state index contributed by atoms with van der Waals surface area (Å²) in [6.07, 6.45) is 1.72. The Bertz CT molecular complexity index is 1230. The van der Waals surface area contributed by atoms with Crippen molar-refractivity contribution >= 4 is 16.7 Å². The molecule has 0 saturated carbocycles. The molecule has 0 bridgehead atoms. The van der Waals surface area contributed by atoms with E-state index in [4.69, 9.17) is 19.6 Å². The van der Waals surface area contributed by atoms with Gasteiger partial charge in [0, 0.05) is 25.0 Å². The maximum atomic E-state index is 5.75. The first-order valence-electron chi connectivity index (χ1n) is 10.7. The van der Waals surface area contributed by atoms with Crippen LogP contribution in [0.5, 0.6) is 11.8 Å². The van der Waals surface area contributed by atoms with Gasteiger partial charge in [-0.15, -0.1) is 0 Å². The number of nitrogens with zero attached hydrogens (tertiary/aromatic N) is 5. The Morgan fingerprint density at radius 2 is 1.97 bits per heavy atom. The van der Waals surface area contributed by atoms with E-state index in [1.165, 1.54) is 0 Å². The molecule has 0 spiro atoms. The molecule has 0 amide bonds. The molecule has 32 heavy (non-hydrogen) atoms. The molecule has 166 valence electrons. The van der Waals surface area contributed by atoms with Crippen LogP contribution in [0.1, 0.15) is 38.1 Å². The highest BCUT2D eigenvalue weighted by molar-refractivity contribution is 5.94. The summed E-state index contributed by atoms with van der Waals surface area (Å²) in [7, 11) is 3.54. The second kappa shape index (κ2) is 9.21. The molecule has 0 aliphatic carbocycles. The summed E-state index contributed by atoms with van der Waals surface area (Å²) in [6, 6.07) is 11.6. The zero-order valence-electron chi connectivity index (χ0n) is 19.1. The Hall–Kier alpha value is -3.68. The lowest BCUT2D eigenvalue weighted by atomic mass is 10.0. The van der Waals surface area contributed by atoms with Crippen molar-refractivity contribution in [2.24, 2.45) is 7.05 Å². The van der Waals surface area contributed by atoms with E-state index in [9.17, 15) is 0 Å². The van der Waals surface area contributed by atoms with E-state index >= 15 is 0 Å². The summed E-state index contributed by atoms with van der Waals surface area (Å²) in [6.45, 7) is 7.28. The molecule has 4 rings (SSSR count). The first-order chi connectivity index (χ1) is 15.5. The predicted molar refractivity (Wildman–Crippen MR) is 125 cm³/mol. The Morgan fingerprint density at radius 3 is 2.72 bits per heavy atom. The Morgan fingerprint density at radius 1 is 1.12 bits per heavy atom. The Balaban J connectivity index is 1.83. The molecular formula is C24H28N6O2. The van der Waals surface area contributed by atoms with E-state index in [0.29, 0.717) is 24.9 Å². The van der Waals surface area contributed by atoms with Crippen molar-refractivity contribution in [2.75, 3.05) is 19.0 Å². The summed E-state index contributed by atoms with van der Waals surface area (Å²) in [4.78, 5) is 13.8. The summed E-state index contributed by atoms with van der Waals surface area (Å²) in [5.74, 6) is 1.40. The number of pyridine rings is 3. The average Bonchev–Trinajstić information content (AvgIpc) is 3.15.